The second kappa shape index (κ2) is 16.0. The van der Waals surface area contributed by atoms with Gasteiger partial charge in [0.05, 0.1) is 0 Å². The van der Waals surface area contributed by atoms with E-state index >= 15 is 0 Å². The van der Waals surface area contributed by atoms with E-state index < -0.39 is 0 Å². The molecule has 0 unspecified atom stereocenters. The molecule has 0 saturated carbocycles. The van der Waals surface area contributed by atoms with Gasteiger partial charge in [-0.05, 0) is 25.7 Å². The van der Waals surface area contributed by atoms with Crippen molar-refractivity contribution in [3.05, 3.63) is 0 Å². The van der Waals surface area contributed by atoms with Gasteiger partial charge in [0, 0.05) is 26.2 Å². The molecule has 0 bridgehead atoms. The van der Waals surface area contributed by atoms with Crippen LogP contribution in [0.5, 0.6) is 0 Å². The smallest absolute Gasteiger partial charge is 0.319 e. The highest BCUT2D eigenvalue weighted by Gasteiger charge is 2.19. The van der Waals surface area contributed by atoms with Gasteiger partial charge in [0.1, 0.15) is 0 Å². The maximum absolute atomic E-state index is 12.7. The predicted octanol–water partition coefficient (Wildman–Crippen LogP) is 5.02. The summed E-state index contributed by atoms with van der Waals surface area (Å²) in [6, 6.07) is 0.272. The van der Waals surface area contributed by atoms with Crippen LogP contribution in [0, 0.1) is 0 Å². The molecule has 21 heavy (non-hydrogen) atoms. The van der Waals surface area contributed by atoms with Crippen LogP contribution in [-0.4, -0.2) is 42.0 Å². The Bertz CT molecular complexity index is 199. The average molecular weight is 319 g/mol. The lowest BCUT2D eigenvalue weighted by molar-refractivity contribution is 0.149. The molecule has 128 valence electrons. The summed E-state index contributed by atoms with van der Waals surface area (Å²) in [5, 5.41) is 0. The maximum atomic E-state index is 12.7. The Morgan fingerprint density at radius 3 is 1.05 bits per heavy atom. The van der Waals surface area contributed by atoms with Gasteiger partial charge in [-0.2, -0.15) is 13.5 Å². The Morgan fingerprint density at radius 2 is 0.857 bits per heavy atom. The van der Waals surface area contributed by atoms with Crippen LogP contribution in [0.3, 0.4) is 0 Å². The molecule has 2 amide bonds. The summed E-state index contributed by atoms with van der Waals surface area (Å²) in [6.07, 6.45) is 9.07. The van der Waals surface area contributed by atoms with Gasteiger partial charge in [0.15, 0.2) is 0 Å². The zero-order valence-corrected chi connectivity index (χ0v) is 15.8. The van der Waals surface area contributed by atoms with E-state index in [-0.39, 0.29) is 19.5 Å². The lowest BCUT2D eigenvalue weighted by atomic mass is 10.2. The lowest BCUT2D eigenvalue weighted by Gasteiger charge is -2.31. The van der Waals surface area contributed by atoms with Crippen molar-refractivity contribution in [3.63, 3.8) is 0 Å². The molecule has 4 heteroatoms. The first-order chi connectivity index (χ1) is 9.71. The van der Waals surface area contributed by atoms with Crippen LogP contribution >= 0.6 is 13.5 Å². The Kier molecular flexibility index (Phi) is 17.4. The topological polar surface area (TPSA) is 23.6 Å². The monoisotopic (exact) mass is 318 g/mol. The molecule has 0 aromatic rings. The fraction of sp³-hybridized carbons (Fsp3) is 0.941. The van der Waals surface area contributed by atoms with E-state index in [0.717, 1.165) is 77.5 Å². The minimum Gasteiger partial charge on any atom is -0.325 e. The van der Waals surface area contributed by atoms with E-state index in [4.69, 9.17) is 0 Å². The van der Waals surface area contributed by atoms with Crippen LogP contribution in [0.15, 0.2) is 0 Å². The van der Waals surface area contributed by atoms with Crippen LogP contribution in [0.1, 0.15) is 79.1 Å². The van der Waals surface area contributed by atoms with Gasteiger partial charge in [-0.15, -0.1) is 0 Å². The van der Waals surface area contributed by atoms with E-state index in [9.17, 15) is 4.79 Å². The highest BCUT2D eigenvalue weighted by Crippen LogP contribution is 2.08. The van der Waals surface area contributed by atoms with Gasteiger partial charge >= 0.3 is 6.03 Å². The van der Waals surface area contributed by atoms with Crippen LogP contribution in [0.25, 0.3) is 0 Å². The first kappa shape index (κ1) is 22.9. The van der Waals surface area contributed by atoms with E-state index in [1.54, 1.807) is 0 Å². The molecule has 0 aromatic carbocycles. The van der Waals surface area contributed by atoms with E-state index in [0.29, 0.717) is 0 Å². The summed E-state index contributed by atoms with van der Waals surface area (Å²) in [7, 11) is 0. The van der Waals surface area contributed by atoms with Crippen LogP contribution in [0.2, 0.25) is 0 Å². The maximum Gasteiger partial charge on any atom is 0.319 e. The van der Waals surface area contributed by atoms with Crippen molar-refractivity contribution in [2.45, 2.75) is 79.1 Å². The minimum absolute atomic E-state index is 0. The zero-order valence-electron chi connectivity index (χ0n) is 14.8. The molecule has 0 aliphatic heterocycles. The van der Waals surface area contributed by atoms with Crippen molar-refractivity contribution in [2.24, 2.45) is 0 Å². The van der Waals surface area contributed by atoms with Gasteiger partial charge in [-0.3, -0.25) is 0 Å². The van der Waals surface area contributed by atoms with Gasteiger partial charge in [0.25, 0.3) is 0 Å². The number of urea groups is 1. The van der Waals surface area contributed by atoms with Crippen molar-refractivity contribution in [1.29, 1.82) is 0 Å². The van der Waals surface area contributed by atoms with E-state index in [1.165, 1.54) is 0 Å². The molecule has 0 spiro atoms. The second-order valence-corrected chi connectivity index (χ2v) is 5.67. The Labute approximate surface area is 139 Å². The van der Waals surface area contributed by atoms with Crippen LogP contribution in [-0.2, 0) is 0 Å². The molecule has 0 saturated heterocycles. The summed E-state index contributed by atoms with van der Waals surface area (Å²) in [4.78, 5) is 16.9. The van der Waals surface area contributed by atoms with Gasteiger partial charge in [0.2, 0.25) is 0 Å². The fourth-order valence-electron chi connectivity index (χ4n) is 2.20. The minimum atomic E-state index is 0. The normalized spacial score (nSPS) is 10.1. The number of hydrogen-bond acceptors (Lipinski definition) is 1. The fourth-order valence-corrected chi connectivity index (χ4v) is 2.20. The highest BCUT2D eigenvalue weighted by molar-refractivity contribution is 7.59. The summed E-state index contributed by atoms with van der Waals surface area (Å²) < 4.78 is 0. The van der Waals surface area contributed by atoms with Crippen LogP contribution in [0.4, 0.5) is 4.79 Å². The third-order valence-corrected chi connectivity index (χ3v) is 3.67. The molecule has 0 aromatic heterocycles. The summed E-state index contributed by atoms with van der Waals surface area (Å²) in [5.41, 5.74) is 0. The SMILES string of the molecule is CCCCN(CCCC)C(=O)N(CCCC)CCCC.S. The molecule has 0 aliphatic carbocycles. The largest absolute Gasteiger partial charge is 0.325 e. The number of unbranched alkanes of at least 4 members (excludes halogenated alkanes) is 4. The standard InChI is InChI=1S/C17H36N2O.H2S/c1-5-9-13-18(14-10-6-2)17(20)19(15-11-7-3)16-12-8-4;/h5-16H2,1-4H3;1H2. The molecule has 0 atom stereocenters. The van der Waals surface area contributed by atoms with Gasteiger partial charge in [-0.1, -0.05) is 53.4 Å². The number of carbonyl (C=O) groups excluding carboxylic acids is 1. The molecular formula is C17H38N2OS. The highest BCUT2D eigenvalue weighted by atomic mass is 32.1. The molecule has 0 rings (SSSR count). The van der Waals surface area contributed by atoms with Gasteiger partial charge < -0.3 is 9.80 Å². The molecule has 0 heterocycles. The number of carbonyl (C=O) groups is 1. The lowest BCUT2D eigenvalue weighted by Crippen LogP contribution is -2.45. The molecule has 3 nitrogen and oxygen atoms in total. The molecule has 0 fully saturated rings. The average Bonchev–Trinajstić information content (AvgIpc) is 2.47. The third kappa shape index (κ3) is 10.9. The summed E-state index contributed by atoms with van der Waals surface area (Å²) >= 11 is 0. The number of hydrogen-bond donors (Lipinski definition) is 0. The molecule has 0 N–H and O–H groups in total. The van der Waals surface area contributed by atoms with E-state index in [1.807, 2.05) is 0 Å². The molecular weight excluding hydrogens is 280 g/mol. The number of amides is 2. The zero-order chi connectivity index (χ0) is 15.2. The third-order valence-electron chi connectivity index (χ3n) is 3.67. The van der Waals surface area contributed by atoms with Crippen molar-refractivity contribution < 1.29 is 4.79 Å². The van der Waals surface area contributed by atoms with Crippen molar-refractivity contribution >= 4 is 19.5 Å². The van der Waals surface area contributed by atoms with Gasteiger partial charge in [-0.25, -0.2) is 4.79 Å². The van der Waals surface area contributed by atoms with Crippen molar-refractivity contribution in [2.75, 3.05) is 26.2 Å². The first-order valence-corrected chi connectivity index (χ1v) is 8.74. The Hall–Kier alpha value is -0.380. The summed E-state index contributed by atoms with van der Waals surface area (Å²) in [6.45, 7) is 12.4. The Balaban J connectivity index is 0. The Morgan fingerprint density at radius 1 is 0.619 bits per heavy atom. The molecule has 0 aliphatic rings. The quantitative estimate of drug-likeness (QED) is 0.495. The number of rotatable bonds is 12. The van der Waals surface area contributed by atoms with Crippen LogP contribution < -0.4 is 0 Å². The second-order valence-electron chi connectivity index (χ2n) is 5.67. The number of nitrogens with zero attached hydrogens (tertiary/aromatic N) is 2. The summed E-state index contributed by atoms with van der Waals surface area (Å²) in [5.74, 6) is 0. The van der Waals surface area contributed by atoms with Crippen molar-refractivity contribution in [3.8, 4) is 0 Å². The first-order valence-electron chi connectivity index (χ1n) is 8.74. The van der Waals surface area contributed by atoms with E-state index in [2.05, 4.69) is 37.5 Å². The molecule has 0 radical (unpaired) electrons. The predicted molar refractivity (Wildman–Crippen MR) is 98.6 cm³/mol. The van der Waals surface area contributed by atoms with Crippen molar-refractivity contribution in [1.82, 2.24) is 9.80 Å².